The zero-order valence-electron chi connectivity index (χ0n) is 22.2. The highest BCUT2D eigenvalue weighted by Gasteiger charge is 2.21. The summed E-state index contributed by atoms with van der Waals surface area (Å²) in [6, 6.07) is 21.2. The van der Waals surface area contributed by atoms with Crippen LogP contribution in [0.25, 0.3) is 0 Å². The highest BCUT2D eigenvalue weighted by Crippen LogP contribution is 2.22. The lowest BCUT2D eigenvalue weighted by Crippen LogP contribution is -2.43. The third-order valence-electron chi connectivity index (χ3n) is 6.00. The van der Waals surface area contributed by atoms with Crippen LogP contribution in [0.3, 0.4) is 0 Å². The number of hydrogen-bond acceptors (Lipinski definition) is 7. The molecule has 0 spiro atoms. The molecule has 212 valence electrons. The van der Waals surface area contributed by atoms with E-state index in [9.17, 15) is 18.8 Å². The van der Waals surface area contributed by atoms with Crippen LogP contribution in [-0.4, -0.2) is 45.1 Å². The summed E-state index contributed by atoms with van der Waals surface area (Å²) >= 11 is 0. The number of carbonyl (C=O) groups excluding carboxylic acids is 3. The maximum atomic E-state index is 13.2. The number of nitrogens with one attached hydrogen (secondary N) is 2. The Morgan fingerprint density at radius 3 is 2.29 bits per heavy atom. The monoisotopic (exact) mass is 559 g/mol. The van der Waals surface area contributed by atoms with Crippen molar-refractivity contribution in [3.63, 3.8) is 0 Å². The molecule has 2 amide bonds. The molecule has 1 heterocycles. The van der Waals surface area contributed by atoms with Crippen molar-refractivity contribution in [1.29, 1.82) is 0 Å². The third kappa shape index (κ3) is 9.88. The molecule has 0 unspecified atom stereocenters. The molecule has 0 saturated heterocycles. The van der Waals surface area contributed by atoms with Gasteiger partial charge in [0.15, 0.2) is 5.78 Å². The van der Waals surface area contributed by atoms with E-state index in [1.54, 1.807) is 24.3 Å². The van der Waals surface area contributed by atoms with Gasteiger partial charge >= 0.3 is 6.09 Å². The third-order valence-corrected chi connectivity index (χ3v) is 6.00. The van der Waals surface area contributed by atoms with E-state index >= 15 is 0 Å². The van der Waals surface area contributed by atoms with Crippen LogP contribution in [0.4, 0.5) is 9.18 Å². The van der Waals surface area contributed by atoms with Crippen molar-refractivity contribution in [2.24, 2.45) is 0 Å². The van der Waals surface area contributed by atoms with Gasteiger partial charge in [0.2, 0.25) is 5.91 Å². The topological polar surface area (TPSA) is 124 Å². The minimum atomic E-state index is -0.775. The lowest BCUT2D eigenvalue weighted by atomic mass is 10.00. The predicted molar refractivity (Wildman–Crippen MR) is 147 cm³/mol. The normalized spacial score (nSPS) is 11.3. The number of alkyl carbamates (subject to hydrolysis) is 1. The van der Waals surface area contributed by atoms with Crippen molar-refractivity contribution in [2.75, 3.05) is 6.54 Å². The number of rotatable bonds is 14. The quantitative estimate of drug-likeness (QED) is 0.222. The summed E-state index contributed by atoms with van der Waals surface area (Å²) in [6.07, 6.45) is 3.00. The molecule has 0 fully saturated rings. The zero-order chi connectivity index (χ0) is 28.9. The number of Topliss-reactive ketones (excluding diaryl/α,β-unsaturated/α-hetero) is 1. The first-order valence-electron chi connectivity index (χ1n) is 13.1. The Morgan fingerprint density at radius 2 is 1.61 bits per heavy atom. The van der Waals surface area contributed by atoms with Gasteiger partial charge < -0.3 is 20.1 Å². The van der Waals surface area contributed by atoms with Gasteiger partial charge in [0.25, 0.3) is 0 Å². The van der Waals surface area contributed by atoms with Crippen molar-refractivity contribution in [3.8, 4) is 11.5 Å². The molecule has 1 atom stereocenters. The van der Waals surface area contributed by atoms with E-state index in [0.717, 1.165) is 11.1 Å². The maximum Gasteiger partial charge on any atom is 0.407 e. The molecular formula is C30H30FN5O5. The first kappa shape index (κ1) is 28.9. The Balaban J connectivity index is 1.29. The van der Waals surface area contributed by atoms with Crippen LogP contribution in [0.15, 0.2) is 91.5 Å². The number of ketones is 1. The van der Waals surface area contributed by atoms with Crippen LogP contribution in [0.1, 0.15) is 24.0 Å². The van der Waals surface area contributed by atoms with Gasteiger partial charge in [-0.1, -0.05) is 42.5 Å². The van der Waals surface area contributed by atoms with E-state index in [4.69, 9.17) is 9.47 Å². The molecule has 41 heavy (non-hydrogen) atoms. The maximum absolute atomic E-state index is 13.2. The standard InChI is InChI=1S/C30H30FN5O5/c31-24-10-14-26(15-11-24)41-25-12-8-22(9-13-25)17-28(37)27(35-29(38)18-36-21-32-20-34-36)7-4-16-33-30(39)40-19-23-5-2-1-3-6-23/h1-3,5-6,8-15,20-21,27H,4,7,16-19H2,(H,33,39)(H,35,38)/t27-/m0/s1. The molecule has 2 N–H and O–H groups in total. The number of halogens is 1. The summed E-state index contributed by atoms with van der Waals surface area (Å²) < 4.78 is 25.4. The Hall–Kier alpha value is -5.06. The minimum absolute atomic E-state index is 0.0801. The molecule has 0 saturated carbocycles. The lowest BCUT2D eigenvalue weighted by molar-refractivity contribution is -0.128. The average molecular weight is 560 g/mol. The number of hydrogen-bond donors (Lipinski definition) is 2. The second kappa shape index (κ2) is 14.9. The number of amides is 2. The largest absolute Gasteiger partial charge is 0.457 e. The molecule has 4 aromatic rings. The smallest absolute Gasteiger partial charge is 0.407 e. The van der Waals surface area contributed by atoms with Crippen LogP contribution in [-0.2, 0) is 33.9 Å². The molecular weight excluding hydrogens is 529 g/mol. The highest BCUT2D eigenvalue weighted by molar-refractivity contribution is 5.90. The molecule has 3 aromatic carbocycles. The second-order valence-electron chi connectivity index (χ2n) is 9.19. The van der Waals surface area contributed by atoms with Crippen molar-refractivity contribution in [1.82, 2.24) is 25.4 Å². The summed E-state index contributed by atoms with van der Waals surface area (Å²) in [5.74, 6) is 0.106. The number of nitrogens with zero attached hydrogens (tertiary/aromatic N) is 3. The van der Waals surface area contributed by atoms with Crippen molar-refractivity contribution >= 4 is 17.8 Å². The molecule has 11 heteroatoms. The fourth-order valence-electron chi connectivity index (χ4n) is 3.92. The first-order chi connectivity index (χ1) is 19.9. The summed E-state index contributed by atoms with van der Waals surface area (Å²) in [7, 11) is 0. The van der Waals surface area contributed by atoms with Gasteiger partial charge in [-0.25, -0.2) is 18.9 Å². The number of aromatic nitrogens is 3. The van der Waals surface area contributed by atoms with E-state index in [1.165, 1.54) is 41.6 Å². The molecule has 10 nitrogen and oxygen atoms in total. The fourth-order valence-corrected chi connectivity index (χ4v) is 3.92. The van der Waals surface area contributed by atoms with Gasteiger partial charge in [0, 0.05) is 13.0 Å². The average Bonchev–Trinajstić information content (AvgIpc) is 3.49. The highest BCUT2D eigenvalue weighted by atomic mass is 19.1. The van der Waals surface area contributed by atoms with Gasteiger partial charge in [-0.2, -0.15) is 5.10 Å². The molecule has 0 aliphatic rings. The Labute approximate surface area is 236 Å². The van der Waals surface area contributed by atoms with E-state index in [2.05, 4.69) is 20.7 Å². The fraction of sp³-hybridized carbons (Fsp3) is 0.233. The van der Waals surface area contributed by atoms with Crippen molar-refractivity contribution in [3.05, 3.63) is 108 Å². The van der Waals surface area contributed by atoms with Crippen LogP contribution < -0.4 is 15.4 Å². The van der Waals surface area contributed by atoms with Crippen LogP contribution in [0, 0.1) is 5.82 Å². The Kier molecular flexibility index (Phi) is 10.5. The van der Waals surface area contributed by atoms with Crippen LogP contribution in [0.2, 0.25) is 0 Å². The van der Waals surface area contributed by atoms with Gasteiger partial charge in [-0.05, 0) is 60.4 Å². The Morgan fingerprint density at radius 1 is 0.902 bits per heavy atom. The summed E-state index contributed by atoms with van der Waals surface area (Å²) in [6.45, 7) is 0.342. The number of benzene rings is 3. The first-order valence-corrected chi connectivity index (χ1v) is 13.1. The molecule has 1 aromatic heterocycles. The van der Waals surface area contributed by atoms with Gasteiger partial charge in [-0.3, -0.25) is 9.59 Å². The molecule has 0 aliphatic heterocycles. The van der Waals surface area contributed by atoms with Gasteiger partial charge in [-0.15, -0.1) is 0 Å². The number of ether oxygens (including phenoxy) is 2. The van der Waals surface area contributed by atoms with Gasteiger partial charge in [0.1, 0.15) is 43.1 Å². The van der Waals surface area contributed by atoms with E-state index in [0.29, 0.717) is 24.3 Å². The van der Waals surface area contributed by atoms with E-state index in [-0.39, 0.29) is 43.6 Å². The second-order valence-corrected chi connectivity index (χ2v) is 9.19. The van der Waals surface area contributed by atoms with Crippen LogP contribution >= 0.6 is 0 Å². The van der Waals surface area contributed by atoms with Gasteiger partial charge in [0.05, 0.1) is 6.04 Å². The lowest BCUT2D eigenvalue weighted by Gasteiger charge is -2.18. The van der Waals surface area contributed by atoms with E-state index in [1.807, 2.05) is 30.3 Å². The van der Waals surface area contributed by atoms with Crippen molar-refractivity contribution < 1.29 is 28.2 Å². The summed E-state index contributed by atoms with van der Waals surface area (Å²) in [5.41, 5.74) is 1.61. The molecule has 0 bridgehead atoms. The molecule has 4 rings (SSSR count). The predicted octanol–water partition coefficient (Wildman–Crippen LogP) is 4.21. The Bertz CT molecular complexity index is 1400. The minimum Gasteiger partial charge on any atom is -0.457 e. The molecule has 0 radical (unpaired) electrons. The summed E-state index contributed by atoms with van der Waals surface area (Å²) in [5, 5.41) is 9.38. The number of carbonyl (C=O) groups is 3. The zero-order valence-corrected chi connectivity index (χ0v) is 22.2. The van der Waals surface area contributed by atoms with E-state index < -0.39 is 12.1 Å². The summed E-state index contributed by atoms with van der Waals surface area (Å²) in [4.78, 5) is 41.7. The van der Waals surface area contributed by atoms with Crippen molar-refractivity contribution in [2.45, 2.75) is 38.5 Å². The van der Waals surface area contributed by atoms with Crippen LogP contribution in [0.5, 0.6) is 11.5 Å². The SMILES string of the molecule is O=C(Cn1cncn1)N[C@@H](CCCNC(=O)OCc1ccccc1)C(=O)Cc1ccc(Oc2ccc(F)cc2)cc1. The molecule has 0 aliphatic carbocycles.